The molecule has 1 aromatic rings. The van der Waals surface area contributed by atoms with Gasteiger partial charge in [0.25, 0.3) is 0 Å². The monoisotopic (exact) mass is 180 g/mol. The van der Waals surface area contributed by atoms with E-state index in [9.17, 15) is 0 Å². The van der Waals surface area contributed by atoms with Gasteiger partial charge < -0.3 is 0 Å². The molecule has 0 N–H and O–H groups in total. The van der Waals surface area contributed by atoms with E-state index in [1.807, 2.05) is 6.20 Å². The minimum absolute atomic E-state index is 0.806. The molecule has 2 heteroatoms. The van der Waals surface area contributed by atoms with E-state index >= 15 is 0 Å². The Labute approximate surface area is 81.0 Å². The van der Waals surface area contributed by atoms with Crippen LogP contribution in [0.1, 0.15) is 39.3 Å². The zero-order chi connectivity index (χ0) is 9.68. The Hall–Kier alpha value is -0.790. The summed E-state index contributed by atoms with van der Waals surface area (Å²) in [7, 11) is 0. The second-order valence-electron chi connectivity index (χ2n) is 3.94. The average molecular weight is 180 g/mol. The number of rotatable bonds is 5. The molecule has 74 valence electrons. The van der Waals surface area contributed by atoms with Crippen molar-refractivity contribution in [1.29, 1.82) is 0 Å². The lowest BCUT2D eigenvalue weighted by atomic mass is 10.1. The predicted octanol–water partition coefficient (Wildman–Crippen LogP) is 2.88. The third-order valence-electron chi connectivity index (χ3n) is 2.32. The first kappa shape index (κ1) is 10.3. The van der Waals surface area contributed by atoms with Gasteiger partial charge in [0, 0.05) is 18.4 Å². The molecular formula is C11H20N2. The van der Waals surface area contributed by atoms with Gasteiger partial charge in [-0.2, -0.15) is 5.10 Å². The molecule has 0 aliphatic heterocycles. The van der Waals surface area contributed by atoms with E-state index in [0.29, 0.717) is 0 Å². The second kappa shape index (κ2) is 5.05. The summed E-state index contributed by atoms with van der Waals surface area (Å²) in [5.41, 5.74) is 1.35. The number of hydrogen-bond acceptors (Lipinski definition) is 1. The van der Waals surface area contributed by atoms with Gasteiger partial charge in [0.05, 0.1) is 0 Å². The summed E-state index contributed by atoms with van der Waals surface area (Å²) in [6, 6.07) is 2.11. The lowest BCUT2D eigenvalue weighted by Crippen LogP contribution is -2.05. The molecule has 0 saturated heterocycles. The number of hydrogen-bond donors (Lipinski definition) is 0. The summed E-state index contributed by atoms with van der Waals surface area (Å²) in [4.78, 5) is 0. The first-order valence-electron chi connectivity index (χ1n) is 5.24. The van der Waals surface area contributed by atoms with Gasteiger partial charge in [-0.15, -0.1) is 0 Å². The molecule has 0 atom stereocenters. The Bertz CT molecular complexity index is 238. The lowest BCUT2D eigenvalue weighted by molar-refractivity contribution is 0.481. The Kier molecular flexibility index (Phi) is 4.00. The fraction of sp³-hybridized carbons (Fsp3) is 0.727. The van der Waals surface area contributed by atoms with Crippen LogP contribution in [-0.2, 0) is 13.0 Å². The van der Waals surface area contributed by atoms with Crippen molar-refractivity contribution in [3.63, 3.8) is 0 Å². The van der Waals surface area contributed by atoms with E-state index in [0.717, 1.165) is 18.9 Å². The maximum absolute atomic E-state index is 4.30. The minimum atomic E-state index is 0.806. The predicted molar refractivity (Wildman–Crippen MR) is 55.7 cm³/mol. The first-order valence-corrected chi connectivity index (χ1v) is 5.24. The van der Waals surface area contributed by atoms with Gasteiger partial charge in [-0.25, -0.2) is 0 Å². The smallest absolute Gasteiger partial charge is 0.0492 e. The molecule has 0 bridgehead atoms. The van der Waals surface area contributed by atoms with E-state index in [1.165, 1.54) is 18.5 Å². The molecular weight excluding hydrogens is 160 g/mol. The van der Waals surface area contributed by atoms with Crippen molar-refractivity contribution in [3.05, 3.63) is 18.0 Å². The van der Waals surface area contributed by atoms with Gasteiger partial charge in [0.2, 0.25) is 0 Å². The molecule has 1 aromatic heterocycles. The molecule has 0 saturated carbocycles. The summed E-state index contributed by atoms with van der Waals surface area (Å²) in [5.74, 6) is 0.806. The van der Waals surface area contributed by atoms with Crippen molar-refractivity contribution in [2.45, 2.75) is 46.6 Å². The molecule has 1 rings (SSSR count). The van der Waals surface area contributed by atoms with Crippen molar-refractivity contribution in [1.82, 2.24) is 9.78 Å². The van der Waals surface area contributed by atoms with Gasteiger partial charge in [0.1, 0.15) is 0 Å². The molecule has 1 heterocycles. The highest BCUT2D eigenvalue weighted by molar-refractivity contribution is 4.99. The van der Waals surface area contributed by atoms with Crippen LogP contribution >= 0.6 is 0 Å². The van der Waals surface area contributed by atoms with Crippen molar-refractivity contribution < 1.29 is 0 Å². The molecule has 0 fully saturated rings. The minimum Gasteiger partial charge on any atom is -0.270 e. The van der Waals surface area contributed by atoms with Crippen LogP contribution in [0, 0.1) is 5.92 Å². The molecule has 0 aliphatic rings. The number of nitrogens with zero attached hydrogens (tertiary/aromatic N) is 2. The molecule has 0 radical (unpaired) electrons. The van der Waals surface area contributed by atoms with Gasteiger partial charge in [-0.3, -0.25) is 4.68 Å². The van der Waals surface area contributed by atoms with Gasteiger partial charge in [-0.05, 0) is 31.2 Å². The Morgan fingerprint density at radius 1 is 1.46 bits per heavy atom. The molecule has 0 amide bonds. The van der Waals surface area contributed by atoms with Crippen molar-refractivity contribution in [2.24, 2.45) is 5.92 Å². The van der Waals surface area contributed by atoms with Crippen LogP contribution in [0.25, 0.3) is 0 Å². The van der Waals surface area contributed by atoms with Gasteiger partial charge >= 0.3 is 0 Å². The highest BCUT2D eigenvalue weighted by atomic mass is 15.3. The van der Waals surface area contributed by atoms with E-state index in [1.54, 1.807) is 0 Å². The van der Waals surface area contributed by atoms with E-state index in [4.69, 9.17) is 0 Å². The van der Waals surface area contributed by atoms with Crippen LogP contribution < -0.4 is 0 Å². The summed E-state index contributed by atoms with van der Waals surface area (Å²) in [6.07, 6.45) is 5.52. The van der Waals surface area contributed by atoms with Crippen LogP contribution in [0.4, 0.5) is 0 Å². The summed E-state index contributed by atoms with van der Waals surface area (Å²) in [6.45, 7) is 7.79. The fourth-order valence-electron chi connectivity index (χ4n) is 1.51. The van der Waals surface area contributed by atoms with Crippen LogP contribution in [0.15, 0.2) is 12.3 Å². The molecule has 0 unspecified atom stereocenters. The molecule has 0 aliphatic carbocycles. The Morgan fingerprint density at radius 2 is 2.23 bits per heavy atom. The van der Waals surface area contributed by atoms with E-state index in [-0.39, 0.29) is 0 Å². The average Bonchev–Trinajstić information content (AvgIpc) is 2.51. The van der Waals surface area contributed by atoms with Gasteiger partial charge in [0.15, 0.2) is 0 Å². The van der Waals surface area contributed by atoms with Crippen LogP contribution in [0.3, 0.4) is 0 Å². The number of aromatic nitrogens is 2. The van der Waals surface area contributed by atoms with Crippen LogP contribution in [0.5, 0.6) is 0 Å². The SMILES string of the molecule is CCc1ccnn1CCCC(C)C. The molecule has 13 heavy (non-hydrogen) atoms. The Balaban J connectivity index is 2.36. The molecule has 0 spiro atoms. The summed E-state index contributed by atoms with van der Waals surface area (Å²) < 4.78 is 2.13. The third-order valence-corrected chi connectivity index (χ3v) is 2.32. The highest BCUT2D eigenvalue weighted by Gasteiger charge is 2.00. The zero-order valence-electron chi connectivity index (χ0n) is 8.95. The largest absolute Gasteiger partial charge is 0.270 e. The fourth-order valence-corrected chi connectivity index (χ4v) is 1.51. The van der Waals surface area contributed by atoms with Crippen LogP contribution in [-0.4, -0.2) is 9.78 Å². The zero-order valence-corrected chi connectivity index (χ0v) is 8.95. The lowest BCUT2D eigenvalue weighted by Gasteiger charge is -2.07. The third kappa shape index (κ3) is 3.21. The summed E-state index contributed by atoms with van der Waals surface area (Å²) in [5, 5.41) is 4.30. The molecule has 0 aromatic carbocycles. The van der Waals surface area contributed by atoms with E-state index < -0.39 is 0 Å². The highest BCUT2D eigenvalue weighted by Crippen LogP contribution is 2.07. The normalized spacial score (nSPS) is 11.1. The number of aryl methyl sites for hydroxylation is 2. The first-order chi connectivity index (χ1) is 6.24. The van der Waals surface area contributed by atoms with Gasteiger partial charge in [-0.1, -0.05) is 20.8 Å². The van der Waals surface area contributed by atoms with Crippen molar-refractivity contribution in [3.8, 4) is 0 Å². The van der Waals surface area contributed by atoms with E-state index in [2.05, 4.69) is 36.6 Å². The van der Waals surface area contributed by atoms with Crippen molar-refractivity contribution >= 4 is 0 Å². The Morgan fingerprint density at radius 3 is 2.85 bits per heavy atom. The maximum atomic E-state index is 4.30. The second-order valence-corrected chi connectivity index (χ2v) is 3.94. The van der Waals surface area contributed by atoms with Crippen LogP contribution in [0.2, 0.25) is 0 Å². The summed E-state index contributed by atoms with van der Waals surface area (Å²) >= 11 is 0. The standard InChI is InChI=1S/C11H20N2/c1-4-11-7-8-12-13(11)9-5-6-10(2)3/h7-8,10H,4-6,9H2,1-3H3. The molecule has 2 nitrogen and oxygen atoms in total. The maximum Gasteiger partial charge on any atom is 0.0492 e. The van der Waals surface area contributed by atoms with Crippen molar-refractivity contribution in [2.75, 3.05) is 0 Å². The topological polar surface area (TPSA) is 17.8 Å². The quantitative estimate of drug-likeness (QED) is 0.681.